The van der Waals surface area contributed by atoms with Crippen LogP contribution in [0.15, 0.2) is 54.7 Å². The van der Waals surface area contributed by atoms with Gasteiger partial charge in [0.2, 0.25) is 5.91 Å². The number of piperazine rings is 1. The quantitative estimate of drug-likeness (QED) is 0.752. The summed E-state index contributed by atoms with van der Waals surface area (Å²) in [6.45, 7) is 6.67. The molecule has 4 nitrogen and oxygen atoms in total. The average Bonchev–Trinajstić information content (AvgIpc) is 3.10. The van der Waals surface area contributed by atoms with Gasteiger partial charge in [0.25, 0.3) is 0 Å². The monoisotopic (exact) mass is 361 g/mol. The van der Waals surface area contributed by atoms with Crippen molar-refractivity contribution in [3.8, 4) is 0 Å². The van der Waals surface area contributed by atoms with Crippen LogP contribution in [0.4, 0.5) is 0 Å². The Labute approximate surface area is 160 Å². The number of fused-ring (bicyclic) bond motifs is 1. The number of rotatable bonds is 5. The van der Waals surface area contributed by atoms with Gasteiger partial charge in [-0.1, -0.05) is 48.0 Å². The normalized spacial score (nSPS) is 15.4. The van der Waals surface area contributed by atoms with Crippen LogP contribution in [0.2, 0.25) is 0 Å². The number of amides is 1. The largest absolute Gasteiger partial charge is 0.361 e. The molecule has 1 aliphatic rings. The van der Waals surface area contributed by atoms with E-state index in [0.717, 1.165) is 44.7 Å². The third-order valence-electron chi connectivity index (χ3n) is 5.50. The number of aromatic amines is 1. The molecule has 1 N–H and O–H groups in total. The van der Waals surface area contributed by atoms with E-state index < -0.39 is 0 Å². The summed E-state index contributed by atoms with van der Waals surface area (Å²) in [6, 6.07) is 17.0. The van der Waals surface area contributed by atoms with E-state index in [-0.39, 0.29) is 5.91 Å². The minimum atomic E-state index is 0.274. The molecule has 0 radical (unpaired) electrons. The Hall–Kier alpha value is -2.59. The molecule has 3 aromatic rings. The molecule has 1 aromatic heterocycles. The summed E-state index contributed by atoms with van der Waals surface area (Å²) in [6.07, 6.45) is 3.42. The van der Waals surface area contributed by atoms with Gasteiger partial charge in [-0.3, -0.25) is 9.69 Å². The van der Waals surface area contributed by atoms with Gasteiger partial charge < -0.3 is 9.88 Å². The van der Waals surface area contributed by atoms with Crippen molar-refractivity contribution in [2.75, 3.05) is 26.2 Å². The van der Waals surface area contributed by atoms with Crippen molar-refractivity contribution in [3.63, 3.8) is 0 Å². The summed E-state index contributed by atoms with van der Waals surface area (Å²) < 4.78 is 0. The van der Waals surface area contributed by atoms with Gasteiger partial charge in [0.15, 0.2) is 0 Å². The molecule has 27 heavy (non-hydrogen) atoms. The minimum Gasteiger partial charge on any atom is -0.361 e. The van der Waals surface area contributed by atoms with E-state index in [2.05, 4.69) is 59.3 Å². The van der Waals surface area contributed by atoms with Gasteiger partial charge in [0.05, 0.1) is 0 Å². The Morgan fingerprint density at radius 3 is 2.67 bits per heavy atom. The first-order valence-electron chi connectivity index (χ1n) is 9.80. The van der Waals surface area contributed by atoms with Gasteiger partial charge in [0.1, 0.15) is 0 Å². The van der Waals surface area contributed by atoms with E-state index in [0.29, 0.717) is 6.42 Å². The number of aromatic nitrogens is 1. The predicted octanol–water partition coefficient (Wildman–Crippen LogP) is 3.75. The van der Waals surface area contributed by atoms with Crippen LogP contribution in [-0.2, 0) is 17.8 Å². The van der Waals surface area contributed by atoms with E-state index in [1.165, 1.54) is 22.1 Å². The summed E-state index contributed by atoms with van der Waals surface area (Å²) >= 11 is 0. The number of benzene rings is 2. The van der Waals surface area contributed by atoms with Gasteiger partial charge in [0, 0.05) is 56.2 Å². The summed E-state index contributed by atoms with van der Waals surface area (Å²) in [4.78, 5) is 20.4. The number of carbonyl (C=O) groups is 1. The molecule has 1 aliphatic heterocycles. The zero-order valence-electron chi connectivity index (χ0n) is 15.9. The molecule has 0 unspecified atom stereocenters. The molecule has 4 heteroatoms. The molecule has 0 atom stereocenters. The number of H-pyrrole nitrogens is 1. The van der Waals surface area contributed by atoms with Crippen LogP contribution in [-0.4, -0.2) is 46.9 Å². The van der Waals surface area contributed by atoms with Crippen molar-refractivity contribution in [1.82, 2.24) is 14.8 Å². The zero-order chi connectivity index (χ0) is 18.6. The molecule has 1 amide bonds. The molecule has 0 bridgehead atoms. The lowest BCUT2D eigenvalue weighted by Gasteiger charge is -2.35. The highest BCUT2D eigenvalue weighted by Crippen LogP contribution is 2.19. The summed E-state index contributed by atoms with van der Waals surface area (Å²) in [5.74, 6) is 0.274. The van der Waals surface area contributed by atoms with E-state index in [9.17, 15) is 4.79 Å². The Morgan fingerprint density at radius 2 is 1.85 bits per heavy atom. The maximum absolute atomic E-state index is 12.6. The Kier molecular flexibility index (Phi) is 5.26. The topological polar surface area (TPSA) is 39.3 Å². The van der Waals surface area contributed by atoms with E-state index in [1.54, 1.807) is 0 Å². The van der Waals surface area contributed by atoms with Crippen LogP contribution in [0.3, 0.4) is 0 Å². The molecule has 2 heterocycles. The summed E-state index contributed by atoms with van der Waals surface area (Å²) in [5.41, 5.74) is 5.04. The van der Waals surface area contributed by atoms with Crippen molar-refractivity contribution in [2.24, 2.45) is 0 Å². The first kappa shape index (κ1) is 17.8. The van der Waals surface area contributed by atoms with Crippen molar-refractivity contribution in [3.05, 3.63) is 71.4 Å². The standard InChI is InChI=1S/C23H27N3O/c1-18-5-4-6-19(15-18)17-25-11-13-26(14-12-25)23(27)10-9-20-16-24-22-8-3-2-7-21(20)22/h2-8,15-16,24H,9-14,17H2,1H3. The third kappa shape index (κ3) is 4.22. The van der Waals surface area contributed by atoms with E-state index in [4.69, 9.17) is 0 Å². The third-order valence-corrected chi connectivity index (χ3v) is 5.50. The van der Waals surface area contributed by atoms with Crippen LogP contribution in [0.1, 0.15) is 23.1 Å². The number of aryl methyl sites for hydroxylation is 2. The van der Waals surface area contributed by atoms with Crippen molar-refractivity contribution in [2.45, 2.75) is 26.3 Å². The van der Waals surface area contributed by atoms with Gasteiger partial charge in [-0.05, 0) is 30.5 Å². The van der Waals surface area contributed by atoms with Crippen LogP contribution in [0, 0.1) is 6.92 Å². The van der Waals surface area contributed by atoms with Crippen LogP contribution in [0.5, 0.6) is 0 Å². The summed E-state index contributed by atoms with van der Waals surface area (Å²) in [5, 5.41) is 1.23. The first-order chi connectivity index (χ1) is 13.2. The molecule has 4 rings (SSSR count). The van der Waals surface area contributed by atoms with Crippen molar-refractivity contribution in [1.29, 1.82) is 0 Å². The number of hydrogen-bond acceptors (Lipinski definition) is 2. The molecule has 2 aromatic carbocycles. The molecule has 1 fully saturated rings. The highest BCUT2D eigenvalue weighted by atomic mass is 16.2. The van der Waals surface area contributed by atoms with Crippen molar-refractivity contribution >= 4 is 16.8 Å². The second-order valence-corrected chi connectivity index (χ2v) is 7.51. The van der Waals surface area contributed by atoms with Gasteiger partial charge in [-0.15, -0.1) is 0 Å². The number of para-hydroxylation sites is 1. The fraction of sp³-hybridized carbons (Fsp3) is 0.348. The highest BCUT2D eigenvalue weighted by Gasteiger charge is 2.21. The van der Waals surface area contributed by atoms with E-state index >= 15 is 0 Å². The van der Waals surface area contributed by atoms with Crippen LogP contribution in [0.25, 0.3) is 10.9 Å². The number of nitrogens with one attached hydrogen (secondary N) is 1. The second kappa shape index (κ2) is 7.97. The smallest absolute Gasteiger partial charge is 0.222 e. The molecule has 140 valence electrons. The average molecular weight is 361 g/mol. The predicted molar refractivity (Wildman–Crippen MR) is 110 cm³/mol. The Bertz CT molecular complexity index is 922. The fourth-order valence-electron chi connectivity index (χ4n) is 3.96. The number of carbonyl (C=O) groups excluding carboxylic acids is 1. The second-order valence-electron chi connectivity index (χ2n) is 7.51. The Balaban J connectivity index is 1.27. The minimum absolute atomic E-state index is 0.274. The van der Waals surface area contributed by atoms with Crippen molar-refractivity contribution < 1.29 is 4.79 Å². The molecule has 1 saturated heterocycles. The summed E-state index contributed by atoms with van der Waals surface area (Å²) in [7, 11) is 0. The van der Waals surface area contributed by atoms with E-state index in [1.807, 2.05) is 17.2 Å². The maximum atomic E-state index is 12.6. The number of nitrogens with zero attached hydrogens (tertiary/aromatic N) is 2. The Morgan fingerprint density at radius 1 is 1.04 bits per heavy atom. The maximum Gasteiger partial charge on any atom is 0.222 e. The molecular formula is C23H27N3O. The molecule has 0 saturated carbocycles. The van der Waals surface area contributed by atoms with Crippen LogP contribution >= 0.6 is 0 Å². The molecular weight excluding hydrogens is 334 g/mol. The molecule has 0 spiro atoms. The van der Waals surface area contributed by atoms with Gasteiger partial charge in [-0.2, -0.15) is 0 Å². The fourth-order valence-corrected chi connectivity index (χ4v) is 3.96. The lowest BCUT2D eigenvalue weighted by molar-refractivity contribution is -0.132. The zero-order valence-corrected chi connectivity index (χ0v) is 15.9. The van der Waals surface area contributed by atoms with Gasteiger partial charge >= 0.3 is 0 Å². The van der Waals surface area contributed by atoms with Crippen LogP contribution < -0.4 is 0 Å². The van der Waals surface area contributed by atoms with Gasteiger partial charge in [-0.25, -0.2) is 0 Å². The lowest BCUT2D eigenvalue weighted by atomic mass is 10.1. The highest BCUT2D eigenvalue weighted by molar-refractivity contribution is 5.84. The number of hydrogen-bond donors (Lipinski definition) is 1. The first-order valence-corrected chi connectivity index (χ1v) is 9.80. The molecule has 0 aliphatic carbocycles. The SMILES string of the molecule is Cc1cccc(CN2CCN(C(=O)CCc3c[nH]c4ccccc34)CC2)c1. The lowest BCUT2D eigenvalue weighted by Crippen LogP contribution is -2.48.